The van der Waals surface area contributed by atoms with Gasteiger partial charge in [-0.3, -0.25) is 24.0 Å². The average molecular weight is 405 g/mol. The lowest BCUT2D eigenvalue weighted by atomic mass is 10.0. The van der Waals surface area contributed by atoms with E-state index in [0.29, 0.717) is 6.42 Å². The molecule has 0 radical (unpaired) electrons. The summed E-state index contributed by atoms with van der Waals surface area (Å²) >= 11 is 3.93. The van der Waals surface area contributed by atoms with Crippen LogP contribution in [-0.2, 0) is 24.0 Å². The lowest BCUT2D eigenvalue weighted by molar-refractivity contribution is -0.138. The summed E-state index contributed by atoms with van der Waals surface area (Å²) in [7, 11) is 0. The Kier molecular flexibility index (Phi) is 11.1. The van der Waals surface area contributed by atoms with Gasteiger partial charge in [0, 0.05) is 5.75 Å². The second kappa shape index (κ2) is 12.1. The molecular weight excluding hydrogens is 378 g/mol. The molecule has 0 aliphatic heterocycles. The van der Waals surface area contributed by atoms with Gasteiger partial charge in [-0.25, -0.2) is 0 Å². The van der Waals surface area contributed by atoms with Gasteiger partial charge in [0.2, 0.25) is 23.6 Å². The molecule has 3 atom stereocenters. The van der Waals surface area contributed by atoms with Crippen molar-refractivity contribution in [2.24, 2.45) is 17.4 Å². The van der Waals surface area contributed by atoms with Crippen LogP contribution in [0.15, 0.2) is 0 Å². The monoisotopic (exact) mass is 405 g/mol. The molecule has 4 amide bonds. The molecule has 0 saturated heterocycles. The summed E-state index contributed by atoms with van der Waals surface area (Å²) in [5, 5.41) is 15.3. The molecule has 3 unspecified atom stereocenters. The van der Waals surface area contributed by atoms with Gasteiger partial charge < -0.3 is 32.5 Å². The quantitative estimate of drug-likeness (QED) is 0.172. The molecule has 0 saturated carbocycles. The van der Waals surface area contributed by atoms with Crippen molar-refractivity contribution in [1.29, 1.82) is 0 Å². The number of carboxylic acids is 1. The highest BCUT2D eigenvalue weighted by Crippen LogP contribution is 2.04. The average Bonchev–Trinajstić information content (AvgIpc) is 2.55. The fourth-order valence-electron chi connectivity index (χ4n) is 2.06. The van der Waals surface area contributed by atoms with Crippen molar-refractivity contribution in [3.8, 4) is 0 Å². The van der Waals surface area contributed by atoms with Crippen LogP contribution in [0.4, 0.5) is 0 Å². The van der Waals surface area contributed by atoms with E-state index < -0.39 is 60.7 Å². The van der Waals surface area contributed by atoms with Gasteiger partial charge in [0.1, 0.15) is 18.6 Å². The molecule has 0 rings (SSSR count). The third-order valence-corrected chi connectivity index (χ3v) is 3.69. The Labute approximate surface area is 162 Å². The van der Waals surface area contributed by atoms with Crippen LogP contribution in [-0.4, -0.2) is 65.1 Å². The number of thiol groups is 1. The SMILES string of the molecule is CC(C)CC(N)C(=O)NC(CC(N)=O)C(=O)NC(CS)C(=O)NCC(=O)O. The molecule has 0 bridgehead atoms. The maximum atomic E-state index is 12.4. The minimum atomic E-state index is -1.33. The van der Waals surface area contributed by atoms with E-state index in [1.165, 1.54) is 0 Å². The van der Waals surface area contributed by atoms with Gasteiger partial charge in [-0.05, 0) is 12.3 Å². The maximum Gasteiger partial charge on any atom is 0.322 e. The van der Waals surface area contributed by atoms with E-state index in [9.17, 15) is 24.0 Å². The number of carbonyl (C=O) groups is 5. The van der Waals surface area contributed by atoms with Gasteiger partial charge in [0.15, 0.2) is 0 Å². The van der Waals surface area contributed by atoms with Crippen molar-refractivity contribution in [3.63, 3.8) is 0 Å². The van der Waals surface area contributed by atoms with E-state index in [0.717, 1.165) is 0 Å². The molecule has 154 valence electrons. The van der Waals surface area contributed by atoms with Crippen molar-refractivity contribution in [2.75, 3.05) is 12.3 Å². The van der Waals surface area contributed by atoms with Crippen molar-refractivity contribution in [1.82, 2.24) is 16.0 Å². The summed E-state index contributed by atoms with van der Waals surface area (Å²) < 4.78 is 0. The predicted octanol–water partition coefficient (Wildman–Crippen LogP) is -2.66. The highest BCUT2D eigenvalue weighted by Gasteiger charge is 2.29. The normalized spacial score (nSPS) is 14.0. The molecule has 0 aromatic rings. The molecule has 11 nitrogen and oxygen atoms in total. The number of amides is 4. The van der Waals surface area contributed by atoms with Crippen LogP contribution in [0.2, 0.25) is 0 Å². The molecular formula is C15H27N5O6S. The summed E-state index contributed by atoms with van der Waals surface area (Å²) in [5.74, 6) is -4.36. The number of nitrogens with one attached hydrogen (secondary N) is 3. The van der Waals surface area contributed by atoms with E-state index in [1.54, 1.807) is 0 Å². The van der Waals surface area contributed by atoms with Crippen LogP contribution in [0.1, 0.15) is 26.7 Å². The molecule has 0 aromatic heterocycles. The van der Waals surface area contributed by atoms with Crippen molar-refractivity contribution in [3.05, 3.63) is 0 Å². The first-order chi connectivity index (χ1) is 12.5. The van der Waals surface area contributed by atoms with Crippen LogP contribution < -0.4 is 27.4 Å². The van der Waals surface area contributed by atoms with E-state index in [1.807, 2.05) is 13.8 Å². The number of carbonyl (C=O) groups excluding carboxylic acids is 4. The zero-order chi connectivity index (χ0) is 21.1. The number of aliphatic carboxylic acids is 1. The predicted molar refractivity (Wildman–Crippen MR) is 99.6 cm³/mol. The van der Waals surface area contributed by atoms with Gasteiger partial charge in [-0.2, -0.15) is 12.6 Å². The van der Waals surface area contributed by atoms with E-state index in [2.05, 4.69) is 28.6 Å². The minimum Gasteiger partial charge on any atom is -0.480 e. The number of carboxylic acid groups (broad SMARTS) is 1. The highest BCUT2D eigenvalue weighted by molar-refractivity contribution is 7.80. The second-order valence-corrected chi connectivity index (χ2v) is 6.69. The maximum absolute atomic E-state index is 12.4. The smallest absolute Gasteiger partial charge is 0.322 e. The van der Waals surface area contributed by atoms with Crippen molar-refractivity contribution in [2.45, 2.75) is 44.8 Å². The standard InChI is InChI=1S/C15H27N5O6S/c1-7(2)3-8(16)13(24)19-9(4-11(17)21)15(26)20-10(6-27)14(25)18-5-12(22)23/h7-10,27H,3-6,16H2,1-2H3,(H2,17,21)(H,18,25)(H,19,24)(H,20,26)(H,22,23). The van der Waals surface area contributed by atoms with Gasteiger partial charge in [-0.15, -0.1) is 0 Å². The van der Waals surface area contributed by atoms with E-state index in [4.69, 9.17) is 16.6 Å². The molecule has 27 heavy (non-hydrogen) atoms. The molecule has 0 aromatic carbocycles. The first kappa shape index (κ1) is 24.7. The number of hydrogen-bond acceptors (Lipinski definition) is 7. The lowest BCUT2D eigenvalue weighted by Gasteiger charge is -2.23. The summed E-state index contributed by atoms with van der Waals surface area (Å²) in [6.07, 6.45) is -0.129. The zero-order valence-electron chi connectivity index (χ0n) is 15.2. The van der Waals surface area contributed by atoms with Crippen LogP contribution in [0.25, 0.3) is 0 Å². The Morgan fingerprint density at radius 2 is 1.56 bits per heavy atom. The molecule has 0 aliphatic carbocycles. The molecule has 0 spiro atoms. The van der Waals surface area contributed by atoms with Gasteiger partial charge >= 0.3 is 5.97 Å². The number of primary amides is 1. The largest absolute Gasteiger partial charge is 0.480 e. The fourth-order valence-corrected chi connectivity index (χ4v) is 2.31. The molecule has 0 fully saturated rings. The third kappa shape index (κ3) is 10.4. The van der Waals surface area contributed by atoms with Crippen molar-refractivity contribution >= 4 is 42.2 Å². The summed E-state index contributed by atoms with van der Waals surface area (Å²) in [6.45, 7) is 3.10. The van der Waals surface area contributed by atoms with Crippen LogP contribution in [0.5, 0.6) is 0 Å². The van der Waals surface area contributed by atoms with Gasteiger partial charge in [0.05, 0.1) is 12.5 Å². The van der Waals surface area contributed by atoms with Crippen molar-refractivity contribution < 1.29 is 29.1 Å². The van der Waals surface area contributed by atoms with Crippen LogP contribution in [0, 0.1) is 5.92 Å². The van der Waals surface area contributed by atoms with Gasteiger partial charge in [0.25, 0.3) is 0 Å². The lowest BCUT2D eigenvalue weighted by Crippen LogP contribution is -2.57. The Morgan fingerprint density at radius 1 is 1.00 bits per heavy atom. The summed E-state index contributed by atoms with van der Waals surface area (Å²) in [6, 6.07) is -3.38. The highest BCUT2D eigenvalue weighted by atomic mass is 32.1. The zero-order valence-corrected chi connectivity index (χ0v) is 16.1. The Morgan fingerprint density at radius 3 is 2.00 bits per heavy atom. The number of nitrogens with two attached hydrogens (primary N) is 2. The first-order valence-electron chi connectivity index (χ1n) is 8.22. The molecule has 0 aliphatic rings. The number of rotatable bonds is 12. The fraction of sp³-hybridized carbons (Fsp3) is 0.667. The second-order valence-electron chi connectivity index (χ2n) is 6.32. The van der Waals surface area contributed by atoms with Crippen LogP contribution in [0.3, 0.4) is 0 Å². The molecule has 12 heteroatoms. The first-order valence-corrected chi connectivity index (χ1v) is 8.86. The van der Waals surface area contributed by atoms with Gasteiger partial charge in [-0.1, -0.05) is 13.8 Å². The Bertz CT molecular complexity index is 571. The van der Waals surface area contributed by atoms with E-state index in [-0.39, 0.29) is 11.7 Å². The molecule has 8 N–H and O–H groups in total. The van der Waals surface area contributed by atoms with E-state index >= 15 is 0 Å². The third-order valence-electron chi connectivity index (χ3n) is 3.33. The Balaban J connectivity index is 5.03. The molecule has 0 heterocycles. The topological polar surface area (TPSA) is 194 Å². The summed E-state index contributed by atoms with van der Waals surface area (Å²) in [5.41, 5.74) is 10.9. The number of hydrogen-bond donors (Lipinski definition) is 7. The van der Waals surface area contributed by atoms with Crippen LogP contribution >= 0.6 is 12.6 Å². The minimum absolute atomic E-state index is 0.138. The summed E-state index contributed by atoms with van der Waals surface area (Å²) in [4.78, 5) is 58.1. The Hall–Kier alpha value is -2.34.